The molecule has 2 aromatic heterocycles. The van der Waals surface area contributed by atoms with Gasteiger partial charge >= 0.3 is 0 Å². The molecular weight excluding hydrogens is 386 g/mol. The van der Waals surface area contributed by atoms with Crippen LogP contribution in [0.4, 0.5) is 5.69 Å². The van der Waals surface area contributed by atoms with Crippen molar-refractivity contribution in [3.63, 3.8) is 0 Å². The van der Waals surface area contributed by atoms with E-state index in [9.17, 15) is 4.79 Å². The molecule has 3 aromatic rings. The highest BCUT2D eigenvalue weighted by molar-refractivity contribution is 8.00. The number of nitrogens with zero attached hydrogens (tertiary/aromatic N) is 4. The van der Waals surface area contributed by atoms with Crippen LogP contribution >= 0.6 is 23.4 Å². The summed E-state index contributed by atoms with van der Waals surface area (Å²) in [4.78, 5) is 16.4. The SMILES string of the molecule is COc1ccc(-c2nnc(S[C@@H](C)C(=O)Nc3cccnc3Cl)n2C)cc1. The van der Waals surface area contributed by atoms with Gasteiger partial charge in [0.25, 0.3) is 0 Å². The van der Waals surface area contributed by atoms with Crippen molar-refractivity contribution < 1.29 is 9.53 Å². The Hall–Kier alpha value is -2.58. The third-order valence-electron chi connectivity index (χ3n) is 3.85. The fourth-order valence-electron chi connectivity index (χ4n) is 2.33. The minimum Gasteiger partial charge on any atom is -0.497 e. The second-order valence-electron chi connectivity index (χ2n) is 5.68. The van der Waals surface area contributed by atoms with Gasteiger partial charge in [-0.15, -0.1) is 10.2 Å². The first-order valence-electron chi connectivity index (χ1n) is 8.11. The van der Waals surface area contributed by atoms with Gasteiger partial charge in [0, 0.05) is 18.8 Å². The lowest BCUT2D eigenvalue weighted by Gasteiger charge is -2.12. The van der Waals surface area contributed by atoms with Crippen molar-refractivity contribution in [1.29, 1.82) is 0 Å². The zero-order valence-electron chi connectivity index (χ0n) is 15.0. The van der Waals surface area contributed by atoms with Gasteiger partial charge in [-0.05, 0) is 43.3 Å². The zero-order valence-corrected chi connectivity index (χ0v) is 16.6. The number of aromatic nitrogens is 4. The molecule has 0 unspecified atom stereocenters. The van der Waals surface area contributed by atoms with Crippen molar-refractivity contribution in [3.05, 3.63) is 47.7 Å². The van der Waals surface area contributed by atoms with E-state index in [1.807, 2.05) is 35.9 Å². The smallest absolute Gasteiger partial charge is 0.237 e. The zero-order chi connectivity index (χ0) is 19.4. The maximum atomic E-state index is 12.4. The normalized spacial score (nSPS) is 11.9. The van der Waals surface area contributed by atoms with E-state index in [2.05, 4.69) is 20.5 Å². The molecule has 27 heavy (non-hydrogen) atoms. The first-order valence-corrected chi connectivity index (χ1v) is 9.37. The van der Waals surface area contributed by atoms with Crippen LogP contribution in [0.15, 0.2) is 47.8 Å². The molecule has 0 aliphatic carbocycles. The summed E-state index contributed by atoms with van der Waals surface area (Å²) in [6.07, 6.45) is 1.57. The summed E-state index contributed by atoms with van der Waals surface area (Å²) in [7, 11) is 3.49. The Morgan fingerprint density at radius 3 is 2.67 bits per heavy atom. The van der Waals surface area contributed by atoms with Crippen molar-refractivity contribution in [2.75, 3.05) is 12.4 Å². The van der Waals surface area contributed by atoms with E-state index < -0.39 is 5.25 Å². The highest BCUT2D eigenvalue weighted by Crippen LogP contribution is 2.27. The molecular formula is C18H18ClN5O2S. The number of carbonyl (C=O) groups excluding carboxylic acids is 1. The molecule has 0 aliphatic heterocycles. The molecule has 3 rings (SSSR count). The number of anilines is 1. The standard InChI is InChI=1S/C18H18ClN5O2S/c1-11(17(25)21-14-5-4-10-20-15(14)19)27-18-23-22-16(24(18)2)12-6-8-13(26-3)9-7-12/h4-11H,1-3H3,(H,21,25)/t11-/m0/s1. The van der Waals surface area contributed by atoms with Crippen LogP contribution in [0.1, 0.15) is 6.92 Å². The molecule has 7 nitrogen and oxygen atoms in total. The van der Waals surface area contributed by atoms with Gasteiger partial charge < -0.3 is 14.6 Å². The minimum absolute atomic E-state index is 0.191. The second-order valence-corrected chi connectivity index (χ2v) is 7.35. The molecule has 1 N–H and O–H groups in total. The van der Waals surface area contributed by atoms with Crippen molar-refractivity contribution in [2.45, 2.75) is 17.3 Å². The summed E-state index contributed by atoms with van der Waals surface area (Å²) in [5.74, 6) is 1.29. The predicted molar refractivity (Wildman–Crippen MR) is 106 cm³/mol. The number of ether oxygens (including phenoxy) is 1. The quantitative estimate of drug-likeness (QED) is 0.499. The third-order valence-corrected chi connectivity index (χ3v) is 5.29. The van der Waals surface area contributed by atoms with Gasteiger partial charge in [0.15, 0.2) is 16.1 Å². The van der Waals surface area contributed by atoms with Gasteiger partial charge in [0.2, 0.25) is 5.91 Å². The highest BCUT2D eigenvalue weighted by atomic mass is 35.5. The Labute approximate surface area is 166 Å². The van der Waals surface area contributed by atoms with Crippen LogP contribution < -0.4 is 10.1 Å². The number of halogens is 1. The number of benzene rings is 1. The summed E-state index contributed by atoms with van der Waals surface area (Å²) < 4.78 is 7.03. The molecule has 0 radical (unpaired) electrons. The lowest BCUT2D eigenvalue weighted by atomic mass is 10.2. The van der Waals surface area contributed by atoms with Crippen LogP contribution in [0, 0.1) is 0 Å². The summed E-state index contributed by atoms with van der Waals surface area (Å²) >= 11 is 7.30. The number of thioether (sulfide) groups is 1. The summed E-state index contributed by atoms with van der Waals surface area (Å²) in [5, 5.41) is 11.7. The summed E-state index contributed by atoms with van der Waals surface area (Å²) in [6.45, 7) is 1.80. The number of carbonyl (C=O) groups is 1. The van der Waals surface area contributed by atoms with Crippen molar-refractivity contribution in [3.8, 4) is 17.1 Å². The fourth-order valence-corrected chi connectivity index (χ4v) is 3.32. The van der Waals surface area contributed by atoms with E-state index in [0.717, 1.165) is 11.3 Å². The average molecular weight is 404 g/mol. The molecule has 0 spiro atoms. The number of nitrogens with one attached hydrogen (secondary N) is 1. The van der Waals surface area contributed by atoms with E-state index in [1.54, 1.807) is 32.4 Å². The number of amides is 1. The largest absolute Gasteiger partial charge is 0.497 e. The Morgan fingerprint density at radius 2 is 2.00 bits per heavy atom. The second kappa shape index (κ2) is 8.41. The monoisotopic (exact) mass is 403 g/mol. The molecule has 1 aromatic carbocycles. The van der Waals surface area contributed by atoms with E-state index in [1.165, 1.54) is 11.8 Å². The number of rotatable bonds is 6. The topological polar surface area (TPSA) is 81.9 Å². The molecule has 9 heteroatoms. The van der Waals surface area contributed by atoms with E-state index in [-0.39, 0.29) is 11.1 Å². The van der Waals surface area contributed by atoms with Gasteiger partial charge in [-0.3, -0.25) is 4.79 Å². The molecule has 1 atom stereocenters. The highest BCUT2D eigenvalue weighted by Gasteiger charge is 2.20. The average Bonchev–Trinajstić information content (AvgIpc) is 3.04. The predicted octanol–water partition coefficient (Wildman–Crippen LogP) is 3.66. The van der Waals surface area contributed by atoms with Gasteiger partial charge in [0.05, 0.1) is 18.0 Å². The fraction of sp³-hybridized carbons (Fsp3) is 0.222. The molecule has 0 saturated carbocycles. The van der Waals surface area contributed by atoms with Crippen LogP contribution in [-0.4, -0.2) is 38.0 Å². The van der Waals surface area contributed by atoms with E-state index in [0.29, 0.717) is 16.7 Å². The summed E-state index contributed by atoms with van der Waals surface area (Å²) in [6, 6.07) is 11.0. The van der Waals surface area contributed by atoms with Crippen LogP contribution in [0.25, 0.3) is 11.4 Å². The third kappa shape index (κ3) is 4.40. The van der Waals surface area contributed by atoms with Crippen LogP contribution in [0.3, 0.4) is 0 Å². The Kier molecular flexibility index (Phi) is 5.98. The van der Waals surface area contributed by atoms with Crippen molar-refractivity contribution in [2.24, 2.45) is 7.05 Å². The van der Waals surface area contributed by atoms with Crippen LogP contribution in [-0.2, 0) is 11.8 Å². The number of pyridine rings is 1. The van der Waals surface area contributed by atoms with E-state index >= 15 is 0 Å². The molecule has 1 amide bonds. The number of hydrogen-bond donors (Lipinski definition) is 1. The molecule has 0 fully saturated rings. The number of methoxy groups -OCH3 is 1. The Balaban J connectivity index is 1.71. The molecule has 0 bridgehead atoms. The van der Waals surface area contributed by atoms with Gasteiger partial charge in [-0.25, -0.2) is 4.98 Å². The maximum absolute atomic E-state index is 12.4. The van der Waals surface area contributed by atoms with Gasteiger partial charge in [-0.2, -0.15) is 0 Å². The van der Waals surface area contributed by atoms with Gasteiger partial charge in [-0.1, -0.05) is 23.4 Å². The van der Waals surface area contributed by atoms with Crippen LogP contribution in [0.5, 0.6) is 5.75 Å². The van der Waals surface area contributed by atoms with Crippen molar-refractivity contribution in [1.82, 2.24) is 19.7 Å². The van der Waals surface area contributed by atoms with Crippen LogP contribution in [0.2, 0.25) is 5.15 Å². The molecule has 140 valence electrons. The lowest BCUT2D eigenvalue weighted by Crippen LogP contribution is -2.23. The maximum Gasteiger partial charge on any atom is 0.237 e. The Bertz CT molecular complexity index is 945. The molecule has 0 aliphatic rings. The van der Waals surface area contributed by atoms with E-state index in [4.69, 9.17) is 16.3 Å². The van der Waals surface area contributed by atoms with Gasteiger partial charge in [0.1, 0.15) is 5.75 Å². The first kappa shape index (κ1) is 19.2. The summed E-state index contributed by atoms with van der Waals surface area (Å²) in [5.41, 5.74) is 1.39. The first-order chi connectivity index (χ1) is 13.0. The Morgan fingerprint density at radius 1 is 1.26 bits per heavy atom. The molecule has 2 heterocycles. The lowest BCUT2D eigenvalue weighted by molar-refractivity contribution is -0.115. The molecule has 0 saturated heterocycles. The minimum atomic E-state index is -0.395. The van der Waals surface area contributed by atoms with Crippen molar-refractivity contribution >= 4 is 35.0 Å². The number of hydrogen-bond acceptors (Lipinski definition) is 6.